The molecule has 3 fully saturated rings. The summed E-state index contributed by atoms with van der Waals surface area (Å²) in [7, 11) is -4.66. The molecule has 3 aromatic carbocycles. The summed E-state index contributed by atoms with van der Waals surface area (Å²) in [6, 6.07) is 20.8. The number of hydrogen-bond donors (Lipinski definition) is 3. The molecule has 0 unspecified atom stereocenters. The molecule has 0 radical (unpaired) electrons. The number of H-pyrrole nitrogens is 1. The molecule has 5 heterocycles. The Morgan fingerprint density at radius 3 is 2.59 bits per heavy atom. The Balaban J connectivity index is 0.957. The monoisotopic (exact) mass is 1040 g/mol. The molecule has 2 atom stereocenters. The normalized spacial score (nSPS) is 24.0. The number of carbonyl (C=O) groups excluding carboxylic acids is 1. The molecule has 1 saturated carbocycles. The van der Waals surface area contributed by atoms with Gasteiger partial charge in [-0.15, -0.1) is 0 Å². The van der Waals surface area contributed by atoms with Crippen LogP contribution in [0.2, 0.25) is 5.02 Å². The van der Waals surface area contributed by atoms with Crippen LogP contribution >= 0.6 is 11.6 Å². The number of amides is 1. The third kappa shape index (κ3) is 11.3. The van der Waals surface area contributed by atoms with Crippen LogP contribution in [-0.2, 0) is 19.5 Å². The zero-order chi connectivity index (χ0) is 51.1. The zero-order valence-electron chi connectivity index (χ0n) is 41.6. The molecule has 2 aliphatic carbocycles. The Kier molecular flexibility index (Phi) is 14.5. The van der Waals surface area contributed by atoms with Gasteiger partial charge in [0.25, 0.3) is 15.9 Å². The number of nitro benzene ring substituents is 1. The van der Waals surface area contributed by atoms with E-state index in [0.717, 1.165) is 48.5 Å². The number of pyridine rings is 1. The number of nitrogens with one attached hydrogen (secondary N) is 2. The number of sulfonamides is 1. The number of nitrogens with zero attached hydrogens (tertiary/aromatic N) is 5. The second-order valence-corrected chi connectivity index (χ2v) is 23.4. The number of anilines is 3. The highest BCUT2D eigenvalue weighted by atomic mass is 35.5. The maximum atomic E-state index is 14.6. The third-order valence-corrected chi connectivity index (χ3v) is 16.7. The minimum atomic E-state index is -4.66. The van der Waals surface area contributed by atoms with Crippen LogP contribution in [0.15, 0.2) is 89.5 Å². The molecule has 19 heteroatoms. The summed E-state index contributed by atoms with van der Waals surface area (Å²) in [6.45, 7) is 11.8. The molecule has 3 N–H and O–H groups in total. The summed E-state index contributed by atoms with van der Waals surface area (Å²) in [6.07, 6.45) is 7.49. The minimum absolute atomic E-state index is 0.00192. The van der Waals surface area contributed by atoms with Crippen molar-refractivity contribution in [3.8, 4) is 11.6 Å². The van der Waals surface area contributed by atoms with Gasteiger partial charge in [0, 0.05) is 74.3 Å². The lowest BCUT2D eigenvalue weighted by atomic mass is 9.71. The average Bonchev–Trinajstić information content (AvgIpc) is 3.71. The largest absolute Gasteiger partial charge is 0.487 e. The highest BCUT2D eigenvalue weighted by Gasteiger charge is 2.39. The number of piperazine rings is 1. The lowest BCUT2D eigenvalue weighted by Crippen LogP contribution is -2.56. The summed E-state index contributed by atoms with van der Waals surface area (Å²) in [5, 5.41) is 24.2. The van der Waals surface area contributed by atoms with Gasteiger partial charge in [-0.2, -0.15) is 4.98 Å². The molecule has 3 aliphatic heterocycles. The standard InChI is InChI=1S/C54H64ClN7O10S/c1-53(2)29-43(36-6-8-38(55)9-7-36)44-32-60-22-21-59(31-40(60)34-69-23-5-25-70-49(44)30-53)39-10-12-42(45(27-39)61-20-4-24-71-52-47(61)26-37-16-19-56-50(37)57-52)51(63)58-73(67,68)41-11-13-48(46(28-41)62(65)66)72-33-35-14-17-54(3,64)18-15-35/h6-13,16,19,26-28,35,40,49,64H,4-5,14-15,17-18,20-25,29-34H2,1-3H3,(H,56,57)(H,58,63)/t35?,40-,49+,54?/m0/s1. The molecule has 388 valence electrons. The molecule has 0 bridgehead atoms. The van der Waals surface area contributed by atoms with Gasteiger partial charge in [0.15, 0.2) is 5.75 Å². The summed E-state index contributed by atoms with van der Waals surface area (Å²) in [4.78, 5) is 40.5. The summed E-state index contributed by atoms with van der Waals surface area (Å²) >= 11 is 6.38. The first kappa shape index (κ1) is 50.8. The molecule has 73 heavy (non-hydrogen) atoms. The molecular weight excluding hydrogens is 974 g/mol. The summed E-state index contributed by atoms with van der Waals surface area (Å²) < 4.78 is 55.6. The third-order valence-electron chi connectivity index (χ3n) is 15.1. The van der Waals surface area contributed by atoms with Crippen molar-refractivity contribution in [1.29, 1.82) is 0 Å². The van der Waals surface area contributed by atoms with Crippen LogP contribution in [0.5, 0.6) is 11.6 Å². The number of aliphatic hydroxyl groups is 1. The first-order valence-electron chi connectivity index (χ1n) is 25.4. The van der Waals surface area contributed by atoms with Crippen LogP contribution in [0, 0.1) is 21.4 Å². The van der Waals surface area contributed by atoms with Crippen molar-refractivity contribution < 1.29 is 42.2 Å². The maximum absolute atomic E-state index is 14.6. The molecule has 5 aromatic rings. The number of rotatable bonds is 10. The first-order valence-corrected chi connectivity index (χ1v) is 27.2. The Labute approximate surface area is 431 Å². The maximum Gasteiger partial charge on any atom is 0.312 e. The van der Waals surface area contributed by atoms with Gasteiger partial charge in [0.05, 0.1) is 58.6 Å². The molecule has 2 saturated heterocycles. The van der Waals surface area contributed by atoms with Gasteiger partial charge in [-0.25, -0.2) is 13.1 Å². The SMILES string of the molecule is CC1(C)CC(c2ccc(Cl)cc2)=C2CN3CCN(c4ccc(C(=O)NS(=O)(=O)c5ccc(OCC6CCC(C)(O)CC6)c([N+](=O)[O-])c5)c(N5CCCOc6nc7[nH]ccc7cc65)c4)C[C@H]3COCCCO[C@@H]2C1. The highest BCUT2D eigenvalue weighted by molar-refractivity contribution is 7.90. The Hall–Kier alpha value is -5.76. The van der Waals surface area contributed by atoms with Gasteiger partial charge >= 0.3 is 5.69 Å². The molecule has 10 rings (SSSR count). The predicted molar refractivity (Wildman–Crippen MR) is 280 cm³/mol. The van der Waals surface area contributed by atoms with Crippen molar-refractivity contribution in [2.75, 3.05) is 75.6 Å². The van der Waals surface area contributed by atoms with E-state index in [9.17, 15) is 28.4 Å². The first-order chi connectivity index (χ1) is 35.0. The molecule has 5 aliphatic rings. The van der Waals surface area contributed by atoms with Gasteiger partial charge in [-0.3, -0.25) is 19.8 Å². The van der Waals surface area contributed by atoms with Crippen LogP contribution in [-0.4, -0.2) is 123 Å². The minimum Gasteiger partial charge on any atom is -0.487 e. The van der Waals surface area contributed by atoms with Crippen LogP contribution in [0.3, 0.4) is 0 Å². The fourth-order valence-corrected chi connectivity index (χ4v) is 12.2. The van der Waals surface area contributed by atoms with E-state index in [0.29, 0.717) is 113 Å². The van der Waals surface area contributed by atoms with E-state index in [2.05, 4.69) is 45.5 Å². The van der Waals surface area contributed by atoms with Crippen molar-refractivity contribution in [3.05, 3.63) is 111 Å². The number of aromatic amines is 1. The van der Waals surface area contributed by atoms with Crippen LogP contribution in [0.1, 0.15) is 88.1 Å². The average molecular weight is 1040 g/mol. The van der Waals surface area contributed by atoms with E-state index in [1.807, 2.05) is 41.3 Å². The van der Waals surface area contributed by atoms with E-state index < -0.39 is 37.0 Å². The molecule has 17 nitrogen and oxygen atoms in total. The number of ether oxygens (including phenoxy) is 4. The van der Waals surface area contributed by atoms with Crippen molar-refractivity contribution in [1.82, 2.24) is 19.6 Å². The van der Waals surface area contributed by atoms with Gasteiger partial charge < -0.3 is 38.8 Å². The number of benzene rings is 3. The van der Waals surface area contributed by atoms with Crippen LogP contribution in [0.25, 0.3) is 16.6 Å². The number of hydrogen-bond acceptors (Lipinski definition) is 14. The number of aromatic nitrogens is 2. The zero-order valence-corrected chi connectivity index (χ0v) is 43.2. The van der Waals surface area contributed by atoms with Gasteiger partial charge in [0.2, 0.25) is 5.88 Å². The van der Waals surface area contributed by atoms with Crippen molar-refractivity contribution in [3.63, 3.8) is 0 Å². The Morgan fingerprint density at radius 2 is 1.79 bits per heavy atom. The van der Waals surface area contributed by atoms with Crippen molar-refractivity contribution >= 4 is 66.9 Å². The summed E-state index contributed by atoms with van der Waals surface area (Å²) in [5.74, 6) is -0.554. The highest BCUT2D eigenvalue weighted by Crippen LogP contribution is 2.46. The fraction of sp³-hybridized carbons (Fsp3) is 0.481. The fourth-order valence-electron chi connectivity index (χ4n) is 11.1. The quantitative estimate of drug-likeness (QED) is 0.0883. The van der Waals surface area contributed by atoms with Gasteiger partial charge in [0.1, 0.15) is 11.3 Å². The van der Waals surface area contributed by atoms with Crippen LogP contribution < -0.4 is 24.0 Å². The second-order valence-electron chi connectivity index (χ2n) is 21.3. The predicted octanol–water partition coefficient (Wildman–Crippen LogP) is 9.05. The van der Waals surface area contributed by atoms with E-state index >= 15 is 0 Å². The molecule has 0 spiro atoms. The summed E-state index contributed by atoms with van der Waals surface area (Å²) in [5.41, 5.74) is 5.10. The van der Waals surface area contributed by atoms with Crippen LogP contribution in [0.4, 0.5) is 22.7 Å². The van der Waals surface area contributed by atoms with E-state index in [1.165, 1.54) is 23.3 Å². The van der Waals surface area contributed by atoms with E-state index in [-0.39, 0.29) is 41.4 Å². The number of nitro groups is 1. The number of halogens is 1. The number of allylic oxidation sites excluding steroid dienone is 1. The molecular formula is C54H64ClN7O10S. The van der Waals surface area contributed by atoms with Crippen molar-refractivity contribution in [2.45, 2.75) is 94.8 Å². The topological polar surface area (TPSA) is 202 Å². The molecule has 1 amide bonds. The molecule has 2 aromatic heterocycles. The van der Waals surface area contributed by atoms with E-state index in [1.54, 1.807) is 19.2 Å². The lowest BCUT2D eigenvalue weighted by Gasteiger charge is -2.45. The number of carbonyl (C=O) groups is 1. The number of fused-ring (bicyclic) bond motifs is 4. The second kappa shape index (κ2) is 20.9. The smallest absolute Gasteiger partial charge is 0.312 e. The van der Waals surface area contributed by atoms with Gasteiger partial charge in [-0.1, -0.05) is 37.6 Å². The van der Waals surface area contributed by atoms with Gasteiger partial charge in [-0.05, 0) is 141 Å². The lowest BCUT2D eigenvalue weighted by molar-refractivity contribution is -0.386. The van der Waals surface area contributed by atoms with E-state index in [4.69, 9.17) is 35.5 Å². The van der Waals surface area contributed by atoms with Crippen molar-refractivity contribution in [2.24, 2.45) is 11.3 Å². The Bertz CT molecular complexity index is 3010. The Morgan fingerprint density at radius 1 is 0.986 bits per heavy atom.